The predicted octanol–water partition coefficient (Wildman–Crippen LogP) is 3.80. The van der Waals surface area contributed by atoms with Gasteiger partial charge in [-0.1, -0.05) is 28.1 Å². The fourth-order valence-corrected chi connectivity index (χ4v) is 3.94. The number of carbonyl (C=O) groups excluding carboxylic acids is 1. The van der Waals surface area contributed by atoms with Crippen molar-refractivity contribution < 1.29 is 23.8 Å². The molecule has 3 rings (SSSR count). The summed E-state index contributed by atoms with van der Waals surface area (Å²) in [5.41, 5.74) is 1.61. The molecule has 164 valence electrons. The molecule has 0 aliphatic carbocycles. The van der Waals surface area contributed by atoms with Crippen molar-refractivity contribution in [2.75, 3.05) is 26.2 Å². The van der Waals surface area contributed by atoms with E-state index in [1.807, 2.05) is 6.92 Å². The smallest absolute Gasteiger partial charge is 0.328 e. The summed E-state index contributed by atoms with van der Waals surface area (Å²) in [6.45, 7) is 4.59. The van der Waals surface area contributed by atoms with Crippen molar-refractivity contribution in [3.05, 3.63) is 70.0 Å². The van der Waals surface area contributed by atoms with Gasteiger partial charge in [-0.2, -0.15) is 0 Å². The third-order valence-electron chi connectivity index (χ3n) is 5.08. The number of amides is 1. The van der Waals surface area contributed by atoms with Crippen LogP contribution in [-0.4, -0.2) is 59.1 Å². The number of carboxylic acids is 1. The summed E-state index contributed by atoms with van der Waals surface area (Å²) < 4.78 is 19.6. The first-order valence-electron chi connectivity index (χ1n) is 9.91. The maximum absolute atomic E-state index is 13.1. The lowest BCUT2D eigenvalue weighted by Gasteiger charge is -2.39. The SMILES string of the molecule is C[C@@H]1CN(Cc2ccc(F)cc2)CCN1C(=O)COc1ccc(Br)cc1C=CC(=O)O. The van der Waals surface area contributed by atoms with Gasteiger partial charge in [-0.25, -0.2) is 9.18 Å². The number of nitrogens with zero attached hydrogens (tertiary/aromatic N) is 2. The zero-order chi connectivity index (χ0) is 22.4. The van der Waals surface area contributed by atoms with Crippen LogP contribution >= 0.6 is 15.9 Å². The third-order valence-corrected chi connectivity index (χ3v) is 5.57. The molecule has 1 amide bonds. The van der Waals surface area contributed by atoms with E-state index in [0.717, 1.165) is 22.7 Å². The third kappa shape index (κ3) is 6.63. The van der Waals surface area contributed by atoms with Crippen LogP contribution < -0.4 is 4.74 Å². The molecule has 8 heteroatoms. The molecule has 0 saturated carbocycles. The highest BCUT2D eigenvalue weighted by Crippen LogP contribution is 2.25. The maximum atomic E-state index is 13.1. The van der Waals surface area contributed by atoms with Crippen LogP contribution in [0.2, 0.25) is 0 Å². The van der Waals surface area contributed by atoms with Crippen molar-refractivity contribution in [2.45, 2.75) is 19.5 Å². The molecule has 1 aliphatic rings. The minimum absolute atomic E-state index is 0.0154. The topological polar surface area (TPSA) is 70.1 Å². The molecule has 1 atom stereocenters. The standard InChI is InChI=1S/C23H24BrFN2O4/c1-16-13-26(14-17-2-6-20(25)7-3-17)10-11-27(16)22(28)15-31-21-8-5-19(24)12-18(21)4-9-23(29)30/h2-9,12,16H,10-11,13-15H2,1H3,(H,29,30)/t16-/m1/s1. The van der Waals surface area contributed by atoms with Gasteiger partial charge in [0.15, 0.2) is 6.61 Å². The fourth-order valence-electron chi connectivity index (χ4n) is 3.56. The van der Waals surface area contributed by atoms with Gasteiger partial charge in [0, 0.05) is 48.3 Å². The predicted molar refractivity (Wildman–Crippen MR) is 119 cm³/mol. The summed E-state index contributed by atoms with van der Waals surface area (Å²) in [5, 5.41) is 8.86. The van der Waals surface area contributed by atoms with Crippen molar-refractivity contribution in [2.24, 2.45) is 0 Å². The minimum Gasteiger partial charge on any atom is -0.483 e. The molecule has 6 nitrogen and oxygen atoms in total. The van der Waals surface area contributed by atoms with Gasteiger partial charge in [0.25, 0.3) is 5.91 Å². The first-order chi connectivity index (χ1) is 14.8. The van der Waals surface area contributed by atoms with Crippen LogP contribution in [0.4, 0.5) is 4.39 Å². The average molecular weight is 491 g/mol. The summed E-state index contributed by atoms with van der Waals surface area (Å²) in [6, 6.07) is 11.7. The molecule has 0 unspecified atom stereocenters. The van der Waals surface area contributed by atoms with E-state index in [2.05, 4.69) is 20.8 Å². The van der Waals surface area contributed by atoms with Crippen molar-refractivity contribution in [1.82, 2.24) is 9.80 Å². The zero-order valence-electron chi connectivity index (χ0n) is 17.1. The molecule has 1 fully saturated rings. The summed E-state index contributed by atoms with van der Waals surface area (Å²) in [7, 11) is 0. The van der Waals surface area contributed by atoms with Crippen LogP contribution in [0.3, 0.4) is 0 Å². The lowest BCUT2D eigenvalue weighted by molar-refractivity contribution is -0.138. The molecule has 1 N–H and O–H groups in total. The van der Waals surface area contributed by atoms with E-state index in [1.165, 1.54) is 18.2 Å². The van der Waals surface area contributed by atoms with Crippen LogP contribution in [-0.2, 0) is 16.1 Å². The lowest BCUT2D eigenvalue weighted by Crippen LogP contribution is -2.54. The first-order valence-corrected chi connectivity index (χ1v) is 10.7. The number of ether oxygens (including phenoxy) is 1. The molecule has 1 heterocycles. The van der Waals surface area contributed by atoms with E-state index < -0.39 is 5.97 Å². The van der Waals surface area contributed by atoms with Crippen LogP contribution in [0.1, 0.15) is 18.1 Å². The van der Waals surface area contributed by atoms with Crippen LogP contribution in [0.15, 0.2) is 53.0 Å². The number of carbonyl (C=O) groups is 2. The maximum Gasteiger partial charge on any atom is 0.328 e. The number of rotatable bonds is 7. The van der Waals surface area contributed by atoms with Gasteiger partial charge in [-0.05, 0) is 48.9 Å². The number of hydrogen-bond donors (Lipinski definition) is 1. The van der Waals surface area contributed by atoms with E-state index >= 15 is 0 Å². The molecule has 2 aromatic rings. The second kappa shape index (κ2) is 10.5. The second-order valence-electron chi connectivity index (χ2n) is 7.44. The second-order valence-corrected chi connectivity index (χ2v) is 8.36. The van der Waals surface area contributed by atoms with Crippen LogP contribution in [0.25, 0.3) is 6.08 Å². The molecule has 2 aromatic carbocycles. The largest absolute Gasteiger partial charge is 0.483 e. The van der Waals surface area contributed by atoms with E-state index in [1.54, 1.807) is 35.2 Å². The molecule has 0 radical (unpaired) electrons. The van der Waals surface area contributed by atoms with E-state index in [9.17, 15) is 14.0 Å². The van der Waals surface area contributed by atoms with Crippen molar-refractivity contribution in [3.8, 4) is 5.75 Å². The number of hydrogen-bond acceptors (Lipinski definition) is 4. The Labute approximate surface area is 189 Å². The van der Waals surface area contributed by atoms with Gasteiger partial charge < -0.3 is 14.7 Å². The number of halogens is 2. The summed E-state index contributed by atoms with van der Waals surface area (Å²) in [6.07, 6.45) is 2.46. The molecule has 1 aliphatic heterocycles. The van der Waals surface area contributed by atoms with Gasteiger partial charge in [0.2, 0.25) is 0 Å². The van der Waals surface area contributed by atoms with Gasteiger partial charge in [-0.15, -0.1) is 0 Å². The monoisotopic (exact) mass is 490 g/mol. The fraction of sp³-hybridized carbons (Fsp3) is 0.304. The van der Waals surface area contributed by atoms with E-state index in [4.69, 9.17) is 9.84 Å². The first kappa shape index (κ1) is 23.0. The highest BCUT2D eigenvalue weighted by atomic mass is 79.9. The zero-order valence-corrected chi connectivity index (χ0v) is 18.7. The quantitative estimate of drug-likeness (QED) is 0.597. The summed E-state index contributed by atoms with van der Waals surface area (Å²) >= 11 is 3.35. The average Bonchev–Trinajstić information content (AvgIpc) is 2.73. The van der Waals surface area contributed by atoms with E-state index in [-0.39, 0.29) is 24.4 Å². The van der Waals surface area contributed by atoms with Crippen LogP contribution in [0.5, 0.6) is 5.75 Å². The Morgan fingerprint density at radius 1 is 1.23 bits per heavy atom. The van der Waals surface area contributed by atoms with E-state index in [0.29, 0.717) is 30.9 Å². The Hall–Kier alpha value is -2.71. The Balaban J connectivity index is 1.56. The van der Waals surface area contributed by atoms with Gasteiger partial charge >= 0.3 is 5.97 Å². The number of piperazine rings is 1. The Morgan fingerprint density at radius 3 is 2.65 bits per heavy atom. The van der Waals surface area contributed by atoms with Gasteiger partial charge in [0.1, 0.15) is 11.6 Å². The number of benzene rings is 2. The van der Waals surface area contributed by atoms with Crippen molar-refractivity contribution >= 4 is 33.9 Å². The summed E-state index contributed by atoms with van der Waals surface area (Å²) in [5.74, 6) is -0.990. The van der Waals surface area contributed by atoms with Crippen LogP contribution in [0, 0.1) is 5.82 Å². The molecule has 0 spiro atoms. The highest BCUT2D eigenvalue weighted by molar-refractivity contribution is 9.10. The number of aliphatic carboxylic acids is 1. The molecule has 0 bridgehead atoms. The molecule has 1 saturated heterocycles. The minimum atomic E-state index is -1.06. The lowest BCUT2D eigenvalue weighted by atomic mass is 10.1. The molecule has 0 aromatic heterocycles. The molecule has 31 heavy (non-hydrogen) atoms. The normalized spacial score (nSPS) is 17.1. The Bertz CT molecular complexity index is 965. The molecular weight excluding hydrogens is 467 g/mol. The van der Waals surface area contributed by atoms with Crippen molar-refractivity contribution in [3.63, 3.8) is 0 Å². The highest BCUT2D eigenvalue weighted by Gasteiger charge is 2.27. The summed E-state index contributed by atoms with van der Waals surface area (Å²) in [4.78, 5) is 27.6. The van der Waals surface area contributed by atoms with Gasteiger partial charge in [0.05, 0.1) is 0 Å². The Kier molecular flexibility index (Phi) is 7.81. The molecular formula is C23H24BrFN2O4. The van der Waals surface area contributed by atoms with Crippen molar-refractivity contribution in [1.29, 1.82) is 0 Å². The van der Waals surface area contributed by atoms with Gasteiger partial charge in [-0.3, -0.25) is 9.69 Å². The Morgan fingerprint density at radius 2 is 1.97 bits per heavy atom. The number of carboxylic acid groups (broad SMARTS) is 1.